The van der Waals surface area contributed by atoms with Gasteiger partial charge in [0, 0.05) is 37.2 Å². The molecule has 0 atom stereocenters. The van der Waals surface area contributed by atoms with E-state index in [9.17, 15) is 0 Å². The van der Waals surface area contributed by atoms with Crippen LogP contribution in [0, 0.1) is 0 Å². The van der Waals surface area contributed by atoms with E-state index >= 15 is 0 Å². The van der Waals surface area contributed by atoms with Crippen molar-refractivity contribution in [2.75, 3.05) is 36.8 Å². The summed E-state index contributed by atoms with van der Waals surface area (Å²) in [5.74, 6) is 1.07. The number of nitrogens with two attached hydrogens (primary N) is 1. The summed E-state index contributed by atoms with van der Waals surface area (Å²) in [6, 6.07) is 0. The Bertz CT molecular complexity index is 724. The first-order chi connectivity index (χ1) is 10.2. The van der Waals surface area contributed by atoms with E-state index in [-0.39, 0.29) is 12.4 Å². The maximum atomic E-state index is 6.29. The van der Waals surface area contributed by atoms with Crippen LogP contribution in [0.5, 0.6) is 0 Å². The maximum Gasteiger partial charge on any atom is 0.206 e. The highest BCUT2D eigenvalue weighted by atomic mass is 79.9. The molecule has 0 unspecified atom stereocenters. The lowest BCUT2D eigenvalue weighted by Crippen LogP contribution is -2.44. The third-order valence-corrected chi connectivity index (χ3v) is 6.62. The lowest BCUT2D eigenvalue weighted by atomic mass is 10.0. The Labute approximate surface area is 152 Å². The number of imidazole rings is 1. The van der Waals surface area contributed by atoms with E-state index < -0.39 is 0 Å². The number of nitrogens with one attached hydrogen (secondary N) is 1. The van der Waals surface area contributed by atoms with Crippen molar-refractivity contribution in [2.45, 2.75) is 19.4 Å². The van der Waals surface area contributed by atoms with Crippen molar-refractivity contribution in [3.05, 3.63) is 14.5 Å². The van der Waals surface area contributed by atoms with Gasteiger partial charge in [0.25, 0.3) is 0 Å². The van der Waals surface area contributed by atoms with Gasteiger partial charge in [-0.15, -0.1) is 12.4 Å². The average Bonchev–Trinajstić information content (AvgIpc) is 2.92. The monoisotopic (exact) mass is 449 g/mol. The van der Waals surface area contributed by atoms with Gasteiger partial charge in [0.1, 0.15) is 5.52 Å². The summed E-state index contributed by atoms with van der Waals surface area (Å²) in [6.07, 6.45) is 2.22. The first kappa shape index (κ1) is 16.4. The molecule has 0 radical (unpaired) electrons. The quantitative estimate of drug-likeness (QED) is 0.655. The predicted octanol–water partition coefficient (Wildman–Crippen LogP) is 2.92. The van der Waals surface area contributed by atoms with E-state index in [4.69, 9.17) is 10.7 Å². The minimum absolute atomic E-state index is 0. The molecule has 0 aliphatic carbocycles. The van der Waals surface area contributed by atoms with Crippen molar-refractivity contribution in [1.82, 2.24) is 14.9 Å². The summed E-state index contributed by atoms with van der Waals surface area (Å²) in [5.41, 5.74) is 10.5. The fourth-order valence-corrected chi connectivity index (χ4v) is 4.38. The Morgan fingerprint density at radius 2 is 1.82 bits per heavy atom. The van der Waals surface area contributed by atoms with Gasteiger partial charge in [-0.2, -0.15) is 0 Å². The van der Waals surface area contributed by atoms with Gasteiger partial charge < -0.3 is 20.5 Å². The van der Waals surface area contributed by atoms with Crippen LogP contribution < -0.4 is 16.0 Å². The molecule has 4 rings (SSSR count). The number of aromatic nitrogens is 2. The van der Waals surface area contributed by atoms with E-state index in [1.807, 2.05) is 0 Å². The molecule has 5 nitrogen and oxygen atoms in total. The number of benzene rings is 1. The number of aryl methyl sites for hydroxylation is 2. The van der Waals surface area contributed by atoms with Crippen LogP contribution in [0.3, 0.4) is 0 Å². The van der Waals surface area contributed by atoms with E-state index in [2.05, 4.69) is 46.6 Å². The Morgan fingerprint density at radius 1 is 1.09 bits per heavy atom. The van der Waals surface area contributed by atoms with Crippen LogP contribution in [0.2, 0.25) is 0 Å². The first-order valence-electron chi connectivity index (χ1n) is 7.29. The van der Waals surface area contributed by atoms with E-state index in [1.54, 1.807) is 0 Å². The highest BCUT2D eigenvalue weighted by Crippen LogP contribution is 2.43. The Morgan fingerprint density at radius 3 is 2.55 bits per heavy atom. The summed E-state index contributed by atoms with van der Waals surface area (Å²) in [7, 11) is 0. The molecule has 1 saturated heterocycles. The molecule has 0 saturated carbocycles. The highest BCUT2D eigenvalue weighted by molar-refractivity contribution is 9.13. The zero-order valence-electron chi connectivity index (χ0n) is 12.0. The van der Waals surface area contributed by atoms with Crippen LogP contribution in [-0.2, 0) is 13.0 Å². The van der Waals surface area contributed by atoms with E-state index in [1.165, 1.54) is 11.1 Å². The minimum atomic E-state index is 0. The van der Waals surface area contributed by atoms with Gasteiger partial charge in [0.2, 0.25) is 5.95 Å². The molecule has 2 aliphatic heterocycles. The molecule has 3 heterocycles. The van der Waals surface area contributed by atoms with E-state index in [0.717, 1.165) is 71.7 Å². The molecule has 1 aromatic heterocycles. The molecule has 2 aliphatic rings. The first-order valence-corrected chi connectivity index (χ1v) is 8.88. The van der Waals surface area contributed by atoms with Gasteiger partial charge in [-0.1, -0.05) is 0 Å². The smallest absolute Gasteiger partial charge is 0.206 e. The molecule has 0 spiro atoms. The Hall–Kier alpha value is -0.500. The molecule has 22 heavy (non-hydrogen) atoms. The summed E-state index contributed by atoms with van der Waals surface area (Å²) in [4.78, 5) is 7.26. The van der Waals surface area contributed by atoms with Crippen LogP contribution in [0.1, 0.15) is 12.0 Å². The van der Waals surface area contributed by atoms with Crippen molar-refractivity contribution >= 4 is 66.9 Å². The minimum Gasteiger partial charge on any atom is -0.396 e. The number of hydrogen-bond acceptors (Lipinski definition) is 4. The molecule has 0 amide bonds. The molecule has 2 aromatic rings. The predicted molar refractivity (Wildman–Crippen MR) is 100 cm³/mol. The fourth-order valence-electron chi connectivity index (χ4n) is 3.35. The summed E-state index contributed by atoms with van der Waals surface area (Å²) in [5, 5.41) is 3.39. The maximum absolute atomic E-state index is 6.29. The number of hydrogen-bond donors (Lipinski definition) is 2. The van der Waals surface area contributed by atoms with Crippen molar-refractivity contribution in [1.29, 1.82) is 0 Å². The second kappa shape index (κ2) is 6.19. The van der Waals surface area contributed by atoms with Crippen molar-refractivity contribution in [3.63, 3.8) is 0 Å². The molecule has 8 heteroatoms. The van der Waals surface area contributed by atoms with Gasteiger partial charge in [0.05, 0.1) is 15.7 Å². The van der Waals surface area contributed by atoms with Gasteiger partial charge in [-0.05, 0) is 50.3 Å². The SMILES string of the molecule is Cl.Nc1c(Br)c(Br)c2c3c1nc(N1CCNCC1)n3CCC2. The summed E-state index contributed by atoms with van der Waals surface area (Å²) >= 11 is 7.30. The molecule has 1 aromatic carbocycles. The molecule has 0 bridgehead atoms. The lowest BCUT2D eigenvalue weighted by Gasteiger charge is -2.29. The molecule has 1 fully saturated rings. The summed E-state index contributed by atoms with van der Waals surface area (Å²) < 4.78 is 4.37. The van der Waals surface area contributed by atoms with Crippen LogP contribution in [0.25, 0.3) is 11.0 Å². The second-order valence-electron chi connectivity index (χ2n) is 5.62. The van der Waals surface area contributed by atoms with Crippen LogP contribution in [0.15, 0.2) is 8.95 Å². The normalized spacial score (nSPS) is 17.6. The van der Waals surface area contributed by atoms with Gasteiger partial charge in [0.15, 0.2) is 0 Å². The highest BCUT2D eigenvalue weighted by Gasteiger charge is 2.27. The fraction of sp³-hybridized carbons (Fsp3) is 0.500. The Balaban J connectivity index is 0.00000144. The standard InChI is InChI=1S/C14H17Br2N5.ClH/c15-9-8-2-1-5-21-13(8)12(11(17)10(9)16)19-14(21)20-6-3-18-4-7-20;/h18H,1-7,17H2;1H. The third kappa shape index (κ3) is 2.33. The van der Waals surface area contributed by atoms with Gasteiger partial charge in [-0.3, -0.25) is 0 Å². The van der Waals surface area contributed by atoms with Gasteiger partial charge in [-0.25, -0.2) is 4.98 Å². The number of nitrogens with zero attached hydrogens (tertiary/aromatic N) is 3. The van der Waals surface area contributed by atoms with Crippen molar-refractivity contribution < 1.29 is 0 Å². The zero-order valence-corrected chi connectivity index (χ0v) is 16.0. The number of nitrogen functional groups attached to an aromatic ring is 1. The molecular formula is C14H18Br2ClN5. The number of rotatable bonds is 1. The number of halogens is 3. The van der Waals surface area contributed by atoms with Crippen LogP contribution in [-0.4, -0.2) is 35.7 Å². The average molecular weight is 452 g/mol. The topological polar surface area (TPSA) is 59.1 Å². The van der Waals surface area contributed by atoms with Crippen molar-refractivity contribution in [3.8, 4) is 0 Å². The third-order valence-electron chi connectivity index (χ3n) is 4.39. The lowest BCUT2D eigenvalue weighted by molar-refractivity contribution is 0.556. The number of anilines is 2. The van der Waals surface area contributed by atoms with Gasteiger partial charge >= 0.3 is 0 Å². The molecule has 3 N–H and O–H groups in total. The van der Waals surface area contributed by atoms with Crippen molar-refractivity contribution in [2.24, 2.45) is 0 Å². The zero-order chi connectivity index (χ0) is 14.6. The number of piperazine rings is 1. The molecule has 120 valence electrons. The summed E-state index contributed by atoms with van der Waals surface area (Å²) in [6.45, 7) is 5.05. The van der Waals surface area contributed by atoms with E-state index in [0.29, 0.717) is 0 Å². The largest absolute Gasteiger partial charge is 0.396 e. The second-order valence-corrected chi connectivity index (χ2v) is 7.21. The van der Waals surface area contributed by atoms with Crippen LogP contribution >= 0.6 is 44.3 Å². The molecular weight excluding hydrogens is 433 g/mol. The van der Waals surface area contributed by atoms with Crippen LogP contribution in [0.4, 0.5) is 11.6 Å². The Kier molecular flexibility index (Phi) is 4.60.